The van der Waals surface area contributed by atoms with Crippen LogP contribution in [-0.2, 0) is 14.8 Å². The first-order valence-corrected chi connectivity index (χ1v) is 13.0. The monoisotopic (exact) mass is 492 g/mol. The number of nitrogens with one attached hydrogen (secondary N) is 1. The van der Waals surface area contributed by atoms with E-state index in [9.17, 15) is 13.2 Å². The first-order valence-electron chi connectivity index (χ1n) is 9.02. The molecule has 3 aromatic rings. The molecule has 1 aromatic heterocycles. The minimum atomic E-state index is -3.77. The van der Waals surface area contributed by atoms with Crippen molar-refractivity contribution >= 4 is 62.4 Å². The van der Waals surface area contributed by atoms with E-state index in [2.05, 4.69) is 15.3 Å². The van der Waals surface area contributed by atoms with Gasteiger partial charge in [0, 0.05) is 28.2 Å². The predicted octanol–water partition coefficient (Wildman–Crippen LogP) is 4.39. The third-order valence-corrected chi connectivity index (χ3v) is 8.20. The Labute approximate surface area is 193 Å². The van der Waals surface area contributed by atoms with Gasteiger partial charge in [-0.3, -0.25) is 9.10 Å². The van der Waals surface area contributed by atoms with Gasteiger partial charge in [0.2, 0.25) is 5.91 Å². The molecule has 0 aliphatic carbocycles. The van der Waals surface area contributed by atoms with E-state index in [1.54, 1.807) is 30.0 Å². The van der Waals surface area contributed by atoms with Gasteiger partial charge in [-0.2, -0.15) is 0 Å². The number of rotatable bonds is 5. The zero-order valence-electron chi connectivity index (χ0n) is 16.5. The predicted molar refractivity (Wildman–Crippen MR) is 126 cm³/mol. The van der Waals surface area contributed by atoms with Gasteiger partial charge in [-0.15, -0.1) is 11.8 Å². The minimum absolute atomic E-state index is 0.00690. The van der Waals surface area contributed by atoms with Gasteiger partial charge >= 0.3 is 0 Å². The van der Waals surface area contributed by atoms with Crippen LogP contribution in [0.25, 0.3) is 11.3 Å². The maximum atomic E-state index is 12.8. The first-order chi connectivity index (χ1) is 14.8. The van der Waals surface area contributed by atoms with Gasteiger partial charge in [0.25, 0.3) is 10.0 Å². The number of carbonyl (C=O) groups is 1. The lowest BCUT2D eigenvalue weighted by atomic mass is 10.1. The highest BCUT2D eigenvalue weighted by atomic mass is 35.5. The molecule has 0 unspecified atom stereocenters. The Morgan fingerprint density at radius 3 is 2.81 bits per heavy atom. The van der Waals surface area contributed by atoms with Gasteiger partial charge in [-0.05, 0) is 42.7 Å². The topological polar surface area (TPSA) is 92.3 Å². The molecular formula is C20H17ClN4O3S3. The van der Waals surface area contributed by atoms with Crippen LogP contribution in [0.15, 0.2) is 63.6 Å². The highest BCUT2D eigenvalue weighted by Crippen LogP contribution is 2.42. The summed E-state index contributed by atoms with van der Waals surface area (Å²) in [4.78, 5) is 22.0. The van der Waals surface area contributed by atoms with E-state index in [0.717, 1.165) is 16.7 Å². The molecule has 0 saturated heterocycles. The molecule has 1 amide bonds. The van der Waals surface area contributed by atoms with Crippen molar-refractivity contribution < 1.29 is 13.2 Å². The summed E-state index contributed by atoms with van der Waals surface area (Å²) in [6, 6.07) is 12.5. The molecule has 31 heavy (non-hydrogen) atoms. The number of halogens is 1. The first kappa shape index (κ1) is 21.9. The average molecular weight is 493 g/mol. The molecule has 11 heteroatoms. The number of thioether (sulfide) groups is 2. The number of benzene rings is 2. The van der Waals surface area contributed by atoms with Crippen LogP contribution in [-0.4, -0.2) is 43.3 Å². The lowest BCUT2D eigenvalue weighted by molar-refractivity contribution is -0.113. The van der Waals surface area contributed by atoms with E-state index in [4.69, 9.17) is 11.6 Å². The van der Waals surface area contributed by atoms with Crippen LogP contribution in [0.2, 0.25) is 5.02 Å². The number of anilines is 2. The van der Waals surface area contributed by atoms with Crippen LogP contribution in [0.5, 0.6) is 0 Å². The van der Waals surface area contributed by atoms with Crippen molar-refractivity contribution in [3.63, 3.8) is 0 Å². The van der Waals surface area contributed by atoms with Crippen molar-refractivity contribution in [2.75, 3.05) is 28.7 Å². The second-order valence-corrected chi connectivity index (χ2v) is 10.8. The number of hydrogen-bond acceptors (Lipinski definition) is 7. The van der Waals surface area contributed by atoms with Crippen molar-refractivity contribution in [1.29, 1.82) is 0 Å². The van der Waals surface area contributed by atoms with Crippen molar-refractivity contribution in [2.45, 2.75) is 14.9 Å². The van der Waals surface area contributed by atoms with Crippen LogP contribution in [0.1, 0.15) is 0 Å². The second kappa shape index (κ2) is 8.70. The molecule has 0 saturated carbocycles. The molecule has 0 spiro atoms. The highest BCUT2D eigenvalue weighted by molar-refractivity contribution is 7.99. The number of fused-ring (bicyclic) bond motifs is 3. The van der Waals surface area contributed by atoms with Gasteiger partial charge in [0.05, 0.1) is 23.3 Å². The smallest absolute Gasteiger partial charge is 0.267 e. The van der Waals surface area contributed by atoms with Gasteiger partial charge in [0.15, 0.2) is 5.16 Å². The third kappa shape index (κ3) is 4.38. The summed E-state index contributed by atoms with van der Waals surface area (Å²) < 4.78 is 26.8. The van der Waals surface area contributed by atoms with E-state index in [1.807, 2.05) is 30.5 Å². The number of sulfonamides is 1. The van der Waals surface area contributed by atoms with E-state index in [1.165, 1.54) is 17.5 Å². The highest BCUT2D eigenvalue weighted by Gasteiger charge is 2.34. The molecule has 1 aliphatic heterocycles. The maximum absolute atomic E-state index is 12.8. The Morgan fingerprint density at radius 2 is 2.03 bits per heavy atom. The summed E-state index contributed by atoms with van der Waals surface area (Å²) in [6.07, 6.45) is 3.24. The SMILES string of the molecule is CSc1cccc(NC(=O)CSc2ncc3c(n2)-c2cc(Cl)ccc2N(C)S3(=O)=O)c1. The van der Waals surface area contributed by atoms with Gasteiger partial charge in [-0.1, -0.05) is 29.4 Å². The Kier molecular flexibility index (Phi) is 6.16. The van der Waals surface area contributed by atoms with Gasteiger partial charge in [0.1, 0.15) is 4.90 Å². The fourth-order valence-electron chi connectivity index (χ4n) is 3.08. The molecule has 1 N–H and O–H groups in total. The zero-order valence-corrected chi connectivity index (χ0v) is 19.7. The fourth-order valence-corrected chi connectivity index (χ4v) is 5.63. The van der Waals surface area contributed by atoms with Crippen LogP contribution in [0.3, 0.4) is 0 Å². The van der Waals surface area contributed by atoms with Crippen molar-refractivity contribution in [3.05, 3.63) is 53.7 Å². The molecule has 7 nitrogen and oxygen atoms in total. The third-order valence-electron chi connectivity index (χ3n) is 4.61. The Hall–Kier alpha value is -2.27. The van der Waals surface area contributed by atoms with Crippen LogP contribution in [0, 0.1) is 0 Å². The Balaban J connectivity index is 1.57. The van der Waals surface area contributed by atoms with Crippen LogP contribution in [0.4, 0.5) is 11.4 Å². The molecule has 160 valence electrons. The lowest BCUT2D eigenvalue weighted by Crippen LogP contribution is -2.31. The average Bonchev–Trinajstić information content (AvgIpc) is 2.76. The summed E-state index contributed by atoms with van der Waals surface area (Å²) in [7, 11) is -2.29. The summed E-state index contributed by atoms with van der Waals surface area (Å²) in [5, 5.41) is 3.62. The lowest BCUT2D eigenvalue weighted by Gasteiger charge is -2.28. The van der Waals surface area contributed by atoms with Crippen molar-refractivity contribution in [3.8, 4) is 11.3 Å². The molecule has 0 fully saturated rings. The molecule has 0 radical (unpaired) electrons. The molecule has 4 rings (SSSR count). The summed E-state index contributed by atoms with van der Waals surface area (Å²) in [5.41, 5.74) is 2.07. The Bertz CT molecular complexity index is 1280. The van der Waals surface area contributed by atoms with E-state index in [0.29, 0.717) is 27.1 Å². The maximum Gasteiger partial charge on any atom is 0.267 e. The number of nitrogens with zero attached hydrogens (tertiary/aromatic N) is 3. The summed E-state index contributed by atoms with van der Waals surface area (Å²) >= 11 is 8.85. The summed E-state index contributed by atoms with van der Waals surface area (Å²) in [6.45, 7) is 0. The van der Waals surface area contributed by atoms with Crippen LogP contribution < -0.4 is 9.62 Å². The zero-order chi connectivity index (χ0) is 22.2. The number of hydrogen-bond donors (Lipinski definition) is 1. The molecule has 0 bridgehead atoms. The van der Waals surface area contributed by atoms with Crippen LogP contribution >= 0.6 is 35.1 Å². The summed E-state index contributed by atoms with van der Waals surface area (Å²) in [5.74, 6) is -0.127. The Morgan fingerprint density at radius 1 is 1.23 bits per heavy atom. The standard InChI is InChI=1S/C20H17ClN4O3S3/c1-25-16-7-6-12(21)8-15(16)19-17(31(25,27)28)10-22-20(24-19)30-11-18(26)23-13-4-3-5-14(9-13)29-2/h3-10H,11H2,1-2H3,(H,23,26). The molecule has 2 heterocycles. The number of carbonyl (C=O) groups excluding carboxylic acids is 1. The minimum Gasteiger partial charge on any atom is -0.325 e. The molecular weight excluding hydrogens is 476 g/mol. The van der Waals surface area contributed by atoms with Crippen molar-refractivity contribution in [1.82, 2.24) is 9.97 Å². The normalized spacial score (nSPS) is 14.0. The fraction of sp³-hybridized carbons (Fsp3) is 0.150. The molecule has 1 aliphatic rings. The van der Waals surface area contributed by atoms with Gasteiger partial charge < -0.3 is 5.32 Å². The molecule has 2 aromatic carbocycles. The quantitative estimate of drug-likeness (QED) is 0.417. The second-order valence-electron chi connectivity index (χ2n) is 6.57. The van der Waals surface area contributed by atoms with Crippen molar-refractivity contribution in [2.24, 2.45) is 0 Å². The van der Waals surface area contributed by atoms with E-state index >= 15 is 0 Å². The molecule has 0 atom stereocenters. The van der Waals surface area contributed by atoms with E-state index < -0.39 is 10.0 Å². The van der Waals surface area contributed by atoms with E-state index in [-0.39, 0.29) is 22.2 Å². The van der Waals surface area contributed by atoms with Gasteiger partial charge in [-0.25, -0.2) is 18.4 Å². The largest absolute Gasteiger partial charge is 0.325 e. The number of amides is 1. The number of aromatic nitrogens is 2.